The Hall–Kier alpha value is -0.810. The number of hydrogen-bond donors (Lipinski definition) is 2. The fourth-order valence-electron chi connectivity index (χ4n) is 3.41. The lowest BCUT2D eigenvalue weighted by Crippen LogP contribution is -2.46. The van der Waals surface area contributed by atoms with Gasteiger partial charge in [-0.05, 0) is 43.5 Å². The highest BCUT2D eigenvalue weighted by Gasteiger charge is 2.35. The number of hydrogen-bond acceptors (Lipinski definition) is 3. The Morgan fingerprint density at radius 2 is 2.00 bits per heavy atom. The molecule has 1 amide bonds. The van der Waals surface area contributed by atoms with Crippen LogP contribution in [0.4, 0.5) is 0 Å². The van der Waals surface area contributed by atoms with Crippen LogP contribution < -0.4 is 10.6 Å². The maximum Gasteiger partial charge on any atom is 0.224 e. The van der Waals surface area contributed by atoms with E-state index in [0.717, 1.165) is 50.6 Å². The number of carbonyl (C=O) groups is 1. The zero-order valence-electron chi connectivity index (χ0n) is 13.1. The van der Waals surface area contributed by atoms with E-state index in [9.17, 15) is 4.79 Å². The van der Waals surface area contributed by atoms with Crippen molar-refractivity contribution in [3.8, 4) is 0 Å². The fourth-order valence-corrected chi connectivity index (χ4v) is 3.54. The van der Waals surface area contributed by atoms with E-state index >= 15 is 0 Å². The molecule has 2 aliphatic heterocycles. The quantitative estimate of drug-likeness (QED) is 0.869. The van der Waals surface area contributed by atoms with E-state index in [1.807, 2.05) is 12.1 Å². The van der Waals surface area contributed by atoms with Gasteiger partial charge in [-0.15, -0.1) is 12.4 Å². The Kier molecular flexibility index (Phi) is 6.72. The van der Waals surface area contributed by atoms with Gasteiger partial charge in [-0.1, -0.05) is 23.7 Å². The van der Waals surface area contributed by atoms with Crippen molar-refractivity contribution >= 4 is 29.9 Å². The zero-order valence-corrected chi connectivity index (χ0v) is 14.7. The fraction of sp³-hybridized carbons (Fsp3) is 0.588. The maximum atomic E-state index is 12.3. The molecule has 1 aromatic carbocycles. The summed E-state index contributed by atoms with van der Waals surface area (Å²) in [5.41, 5.74) is 1.20. The first-order valence-corrected chi connectivity index (χ1v) is 8.40. The smallest absolute Gasteiger partial charge is 0.224 e. The molecule has 128 valence electrons. The molecule has 2 heterocycles. The predicted molar refractivity (Wildman–Crippen MR) is 94.4 cm³/mol. The van der Waals surface area contributed by atoms with E-state index in [1.165, 1.54) is 5.56 Å². The molecule has 1 unspecified atom stereocenters. The van der Waals surface area contributed by atoms with E-state index in [0.29, 0.717) is 6.54 Å². The van der Waals surface area contributed by atoms with Crippen molar-refractivity contribution in [1.29, 1.82) is 0 Å². The molecule has 0 bridgehead atoms. The van der Waals surface area contributed by atoms with Gasteiger partial charge in [0.1, 0.15) is 0 Å². The minimum atomic E-state index is -0.0372. The van der Waals surface area contributed by atoms with E-state index in [4.69, 9.17) is 16.3 Å². The average molecular weight is 359 g/mol. The highest BCUT2D eigenvalue weighted by Crippen LogP contribution is 2.35. The zero-order chi connectivity index (χ0) is 15.4. The van der Waals surface area contributed by atoms with Gasteiger partial charge >= 0.3 is 0 Å². The number of rotatable bonds is 4. The molecule has 0 spiro atoms. The van der Waals surface area contributed by atoms with Crippen LogP contribution in [0.5, 0.6) is 0 Å². The van der Waals surface area contributed by atoms with Crippen molar-refractivity contribution in [1.82, 2.24) is 10.6 Å². The Bertz CT molecular complexity index is 510. The third-order valence-corrected chi connectivity index (χ3v) is 5.19. The second-order valence-corrected chi connectivity index (χ2v) is 6.74. The van der Waals surface area contributed by atoms with Crippen LogP contribution in [-0.2, 0) is 14.9 Å². The SMILES string of the molecule is Cl.O=C(NCC1(c2ccc(Cl)cc2)CCOCC1)C1CCNC1. The lowest BCUT2D eigenvalue weighted by atomic mass is 9.74. The average Bonchev–Trinajstić information content (AvgIpc) is 3.09. The van der Waals surface area contributed by atoms with Crippen LogP contribution >= 0.6 is 24.0 Å². The summed E-state index contributed by atoms with van der Waals surface area (Å²) in [6.45, 7) is 3.89. The molecule has 2 fully saturated rings. The highest BCUT2D eigenvalue weighted by atomic mass is 35.5. The van der Waals surface area contributed by atoms with Gasteiger partial charge in [0.05, 0.1) is 5.92 Å². The molecule has 23 heavy (non-hydrogen) atoms. The molecule has 0 saturated carbocycles. The van der Waals surface area contributed by atoms with Crippen molar-refractivity contribution in [2.45, 2.75) is 24.7 Å². The van der Waals surface area contributed by atoms with Crippen molar-refractivity contribution in [3.05, 3.63) is 34.9 Å². The highest BCUT2D eigenvalue weighted by molar-refractivity contribution is 6.30. The Morgan fingerprint density at radius 3 is 2.61 bits per heavy atom. The predicted octanol–water partition coefficient (Wildman–Crippen LogP) is 2.54. The lowest BCUT2D eigenvalue weighted by Gasteiger charge is -2.38. The molecule has 0 aromatic heterocycles. The number of halogens is 2. The molecular formula is C17H24Cl2N2O2. The lowest BCUT2D eigenvalue weighted by molar-refractivity contribution is -0.124. The number of ether oxygens (including phenoxy) is 1. The molecule has 2 aliphatic rings. The van der Waals surface area contributed by atoms with Gasteiger partial charge in [-0.2, -0.15) is 0 Å². The van der Waals surface area contributed by atoms with Crippen LogP contribution in [0, 0.1) is 5.92 Å². The molecular weight excluding hydrogens is 335 g/mol. The second kappa shape index (κ2) is 8.34. The summed E-state index contributed by atoms with van der Waals surface area (Å²) in [5.74, 6) is 0.284. The molecule has 2 saturated heterocycles. The van der Waals surface area contributed by atoms with E-state index in [2.05, 4.69) is 22.8 Å². The number of benzene rings is 1. The van der Waals surface area contributed by atoms with Crippen LogP contribution in [-0.4, -0.2) is 38.8 Å². The van der Waals surface area contributed by atoms with E-state index in [1.54, 1.807) is 0 Å². The summed E-state index contributed by atoms with van der Waals surface area (Å²) < 4.78 is 5.53. The van der Waals surface area contributed by atoms with Crippen molar-refractivity contribution in [2.75, 3.05) is 32.8 Å². The standard InChI is InChI=1S/C17H23ClN2O2.ClH/c18-15-3-1-14(2-4-15)17(6-9-22-10-7-17)12-20-16(21)13-5-8-19-11-13;/h1-4,13,19H,5-12H2,(H,20,21);1H. The first kappa shape index (κ1) is 18.5. The maximum absolute atomic E-state index is 12.3. The second-order valence-electron chi connectivity index (χ2n) is 6.31. The number of amides is 1. The first-order chi connectivity index (χ1) is 10.7. The third-order valence-electron chi connectivity index (χ3n) is 4.94. The summed E-state index contributed by atoms with van der Waals surface area (Å²) in [4.78, 5) is 12.3. The van der Waals surface area contributed by atoms with Crippen LogP contribution in [0.3, 0.4) is 0 Å². The summed E-state index contributed by atoms with van der Waals surface area (Å²) in [7, 11) is 0. The van der Waals surface area contributed by atoms with Crippen LogP contribution in [0.15, 0.2) is 24.3 Å². The molecule has 2 N–H and O–H groups in total. The number of nitrogens with one attached hydrogen (secondary N) is 2. The monoisotopic (exact) mass is 358 g/mol. The topological polar surface area (TPSA) is 50.4 Å². The summed E-state index contributed by atoms with van der Waals surface area (Å²) in [6.07, 6.45) is 2.79. The molecule has 1 aromatic rings. The van der Waals surface area contributed by atoms with Gasteiger partial charge in [0.2, 0.25) is 5.91 Å². The van der Waals surface area contributed by atoms with Crippen molar-refractivity contribution < 1.29 is 9.53 Å². The molecule has 0 radical (unpaired) electrons. The molecule has 3 rings (SSSR count). The van der Waals surface area contributed by atoms with E-state index < -0.39 is 0 Å². The Balaban J connectivity index is 0.00000192. The van der Waals surface area contributed by atoms with Crippen LogP contribution in [0.25, 0.3) is 0 Å². The molecule has 1 atom stereocenters. The Morgan fingerprint density at radius 1 is 1.30 bits per heavy atom. The number of carbonyl (C=O) groups excluding carboxylic acids is 1. The molecule has 0 aliphatic carbocycles. The van der Waals surface area contributed by atoms with Crippen LogP contribution in [0.1, 0.15) is 24.8 Å². The van der Waals surface area contributed by atoms with Gasteiger partial charge < -0.3 is 15.4 Å². The Labute approximate surface area is 148 Å². The van der Waals surface area contributed by atoms with Gasteiger partial charge in [-0.3, -0.25) is 4.79 Å². The summed E-state index contributed by atoms with van der Waals surface area (Å²) in [5, 5.41) is 7.17. The molecule has 4 nitrogen and oxygen atoms in total. The molecule has 6 heteroatoms. The van der Waals surface area contributed by atoms with Crippen molar-refractivity contribution in [2.24, 2.45) is 5.92 Å². The van der Waals surface area contributed by atoms with Crippen molar-refractivity contribution in [3.63, 3.8) is 0 Å². The van der Waals surface area contributed by atoms with Gasteiger partial charge in [-0.25, -0.2) is 0 Å². The summed E-state index contributed by atoms with van der Waals surface area (Å²) in [6, 6.07) is 8.02. The third kappa shape index (κ3) is 4.38. The van der Waals surface area contributed by atoms with Gasteiger partial charge in [0, 0.05) is 36.7 Å². The normalized spacial score (nSPS) is 23.1. The minimum absolute atomic E-state index is 0. The summed E-state index contributed by atoms with van der Waals surface area (Å²) >= 11 is 6.01. The van der Waals surface area contributed by atoms with Gasteiger partial charge in [0.25, 0.3) is 0 Å². The largest absolute Gasteiger partial charge is 0.381 e. The minimum Gasteiger partial charge on any atom is -0.381 e. The van der Waals surface area contributed by atoms with E-state index in [-0.39, 0.29) is 29.6 Å². The first-order valence-electron chi connectivity index (χ1n) is 8.02. The van der Waals surface area contributed by atoms with Gasteiger partial charge in [0.15, 0.2) is 0 Å². The van der Waals surface area contributed by atoms with Crippen LogP contribution in [0.2, 0.25) is 5.02 Å².